The number of anilines is 1. The monoisotopic (exact) mass is 264 g/mol. The summed E-state index contributed by atoms with van der Waals surface area (Å²) in [6.07, 6.45) is 1.81. The van der Waals surface area contributed by atoms with Crippen LogP contribution in [0.1, 0.15) is 6.92 Å². The van der Waals surface area contributed by atoms with Crippen molar-refractivity contribution in [3.8, 4) is 0 Å². The van der Waals surface area contributed by atoms with Gasteiger partial charge in [0.1, 0.15) is 5.82 Å². The third-order valence-corrected chi connectivity index (χ3v) is 3.34. The van der Waals surface area contributed by atoms with E-state index in [9.17, 15) is 0 Å². The molecule has 4 heteroatoms. The molecular formula is C13H13ClN2S. The van der Waals surface area contributed by atoms with Crippen LogP contribution in [-0.4, -0.2) is 11.5 Å². The maximum atomic E-state index is 5.95. The average molecular weight is 265 g/mol. The Morgan fingerprint density at radius 1 is 1.24 bits per heavy atom. The standard InChI is InChI=1S/C13H13ClN2S/c1-2-15-13-9-12(6-7-16-13)17-11-5-3-4-10(14)8-11/h3-9H,2H2,1H3,(H,15,16). The minimum Gasteiger partial charge on any atom is -0.370 e. The van der Waals surface area contributed by atoms with E-state index in [1.165, 1.54) is 0 Å². The molecule has 17 heavy (non-hydrogen) atoms. The van der Waals surface area contributed by atoms with Crippen molar-refractivity contribution in [2.24, 2.45) is 0 Å². The average Bonchev–Trinajstić information content (AvgIpc) is 2.30. The summed E-state index contributed by atoms with van der Waals surface area (Å²) in [7, 11) is 0. The fourth-order valence-corrected chi connectivity index (χ4v) is 2.58. The highest BCUT2D eigenvalue weighted by molar-refractivity contribution is 7.99. The summed E-state index contributed by atoms with van der Waals surface area (Å²) in [5, 5.41) is 3.95. The van der Waals surface area contributed by atoms with Gasteiger partial charge in [0.05, 0.1) is 0 Å². The normalized spacial score (nSPS) is 10.2. The van der Waals surface area contributed by atoms with Crippen LogP contribution in [0.5, 0.6) is 0 Å². The van der Waals surface area contributed by atoms with Crippen molar-refractivity contribution in [2.45, 2.75) is 16.7 Å². The van der Waals surface area contributed by atoms with Crippen molar-refractivity contribution in [1.29, 1.82) is 0 Å². The van der Waals surface area contributed by atoms with E-state index in [2.05, 4.69) is 17.2 Å². The molecule has 0 unspecified atom stereocenters. The van der Waals surface area contributed by atoms with Gasteiger partial charge in [-0.25, -0.2) is 4.98 Å². The minimum absolute atomic E-state index is 0.760. The molecule has 0 spiro atoms. The van der Waals surface area contributed by atoms with Gasteiger partial charge in [-0.15, -0.1) is 0 Å². The molecule has 0 atom stereocenters. The van der Waals surface area contributed by atoms with Gasteiger partial charge in [0.15, 0.2) is 0 Å². The summed E-state index contributed by atoms with van der Waals surface area (Å²) < 4.78 is 0. The molecule has 0 saturated heterocycles. The number of pyridine rings is 1. The second-order valence-corrected chi connectivity index (χ2v) is 5.05. The summed E-state index contributed by atoms with van der Waals surface area (Å²) in [6, 6.07) is 11.9. The van der Waals surface area contributed by atoms with Crippen molar-refractivity contribution >= 4 is 29.2 Å². The summed E-state index contributed by atoms with van der Waals surface area (Å²) >= 11 is 7.63. The van der Waals surface area contributed by atoms with Gasteiger partial charge in [0.2, 0.25) is 0 Å². The van der Waals surface area contributed by atoms with Gasteiger partial charge >= 0.3 is 0 Å². The first-order valence-electron chi connectivity index (χ1n) is 5.41. The number of hydrogen-bond donors (Lipinski definition) is 1. The third-order valence-electron chi connectivity index (χ3n) is 2.12. The van der Waals surface area contributed by atoms with Crippen molar-refractivity contribution < 1.29 is 0 Å². The summed E-state index contributed by atoms with van der Waals surface area (Å²) in [6.45, 7) is 2.93. The highest BCUT2D eigenvalue weighted by Crippen LogP contribution is 2.29. The zero-order chi connectivity index (χ0) is 12.1. The van der Waals surface area contributed by atoms with Gasteiger partial charge in [-0.3, -0.25) is 0 Å². The quantitative estimate of drug-likeness (QED) is 0.890. The number of nitrogens with zero attached hydrogens (tertiary/aromatic N) is 1. The lowest BCUT2D eigenvalue weighted by Crippen LogP contribution is -1.98. The summed E-state index contributed by atoms with van der Waals surface area (Å²) in [5.74, 6) is 0.902. The first kappa shape index (κ1) is 12.3. The molecule has 0 saturated carbocycles. The number of halogens is 1. The van der Waals surface area contributed by atoms with Crippen LogP contribution in [0.15, 0.2) is 52.4 Å². The Balaban J connectivity index is 2.15. The second-order valence-electron chi connectivity index (χ2n) is 3.47. The van der Waals surface area contributed by atoms with E-state index in [0.29, 0.717) is 0 Å². The molecule has 0 radical (unpaired) electrons. The van der Waals surface area contributed by atoms with E-state index in [4.69, 9.17) is 11.6 Å². The van der Waals surface area contributed by atoms with Crippen LogP contribution in [0.4, 0.5) is 5.82 Å². The summed E-state index contributed by atoms with van der Waals surface area (Å²) in [4.78, 5) is 6.52. The Kier molecular flexibility index (Phi) is 4.29. The van der Waals surface area contributed by atoms with Gasteiger partial charge < -0.3 is 5.32 Å². The first-order valence-corrected chi connectivity index (χ1v) is 6.60. The van der Waals surface area contributed by atoms with Crippen LogP contribution < -0.4 is 5.32 Å². The number of benzene rings is 1. The Bertz CT molecular complexity index is 502. The van der Waals surface area contributed by atoms with E-state index in [1.54, 1.807) is 11.8 Å². The van der Waals surface area contributed by atoms with E-state index in [-0.39, 0.29) is 0 Å². The molecule has 2 nitrogen and oxygen atoms in total. The minimum atomic E-state index is 0.760. The first-order chi connectivity index (χ1) is 8.28. The zero-order valence-electron chi connectivity index (χ0n) is 9.48. The van der Waals surface area contributed by atoms with Crippen LogP contribution in [0.3, 0.4) is 0 Å². The molecule has 1 N–H and O–H groups in total. The van der Waals surface area contributed by atoms with E-state index >= 15 is 0 Å². The summed E-state index contributed by atoms with van der Waals surface area (Å²) in [5.41, 5.74) is 0. The Morgan fingerprint density at radius 3 is 2.82 bits per heavy atom. The lowest BCUT2D eigenvalue weighted by atomic mass is 10.4. The molecule has 0 fully saturated rings. The van der Waals surface area contributed by atoms with Gasteiger partial charge in [0.25, 0.3) is 0 Å². The molecule has 0 aliphatic rings. The van der Waals surface area contributed by atoms with Crippen molar-refractivity contribution in [3.63, 3.8) is 0 Å². The Hall–Kier alpha value is -1.19. The molecule has 0 aliphatic carbocycles. The molecule has 88 valence electrons. The Morgan fingerprint density at radius 2 is 2.06 bits per heavy atom. The lowest BCUT2D eigenvalue weighted by Gasteiger charge is -2.05. The number of aromatic nitrogens is 1. The van der Waals surface area contributed by atoms with Crippen LogP contribution >= 0.6 is 23.4 Å². The van der Waals surface area contributed by atoms with Crippen LogP contribution in [0.25, 0.3) is 0 Å². The van der Waals surface area contributed by atoms with Crippen molar-refractivity contribution in [1.82, 2.24) is 4.98 Å². The second kappa shape index (κ2) is 5.94. The molecular weight excluding hydrogens is 252 g/mol. The maximum absolute atomic E-state index is 5.95. The molecule has 0 amide bonds. The fraction of sp³-hybridized carbons (Fsp3) is 0.154. The van der Waals surface area contributed by atoms with Gasteiger partial charge in [0, 0.05) is 27.6 Å². The molecule has 0 aliphatic heterocycles. The highest BCUT2D eigenvalue weighted by Gasteiger charge is 2.00. The predicted molar refractivity (Wildman–Crippen MR) is 74.0 cm³/mol. The maximum Gasteiger partial charge on any atom is 0.126 e. The zero-order valence-corrected chi connectivity index (χ0v) is 11.1. The molecule has 0 bridgehead atoms. The lowest BCUT2D eigenvalue weighted by molar-refractivity contribution is 1.14. The number of hydrogen-bond acceptors (Lipinski definition) is 3. The van der Waals surface area contributed by atoms with Gasteiger partial charge in [-0.1, -0.05) is 29.4 Å². The topological polar surface area (TPSA) is 24.9 Å². The predicted octanol–water partition coefficient (Wildman–Crippen LogP) is 4.32. The SMILES string of the molecule is CCNc1cc(Sc2cccc(Cl)c2)ccn1. The van der Waals surface area contributed by atoms with Crippen molar-refractivity contribution in [3.05, 3.63) is 47.6 Å². The molecule has 1 aromatic heterocycles. The molecule has 2 rings (SSSR count). The molecule has 2 aromatic rings. The van der Waals surface area contributed by atoms with Crippen LogP contribution in [0.2, 0.25) is 5.02 Å². The Labute approximate surface area is 110 Å². The van der Waals surface area contributed by atoms with E-state index < -0.39 is 0 Å². The van der Waals surface area contributed by atoms with E-state index in [0.717, 1.165) is 27.2 Å². The smallest absolute Gasteiger partial charge is 0.126 e. The van der Waals surface area contributed by atoms with Crippen LogP contribution in [0, 0.1) is 0 Å². The molecule has 1 aromatic carbocycles. The van der Waals surface area contributed by atoms with Gasteiger partial charge in [-0.05, 0) is 37.3 Å². The molecule has 1 heterocycles. The van der Waals surface area contributed by atoms with Crippen molar-refractivity contribution in [2.75, 3.05) is 11.9 Å². The number of nitrogens with one attached hydrogen (secondary N) is 1. The largest absolute Gasteiger partial charge is 0.370 e. The van der Waals surface area contributed by atoms with E-state index in [1.807, 2.05) is 42.6 Å². The number of rotatable bonds is 4. The third kappa shape index (κ3) is 3.65. The van der Waals surface area contributed by atoms with Gasteiger partial charge in [-0.2, -0.15) is 0 Å². The highest BCUT2D eigenvalue weighted by atomic mass is 35.5. The fourth-order valence-electron chi connectivity index (χ4n) is 1.42. The van der Waals surface area contributed by atoms with Crippen LogP contribution in [-0.2, 0) is 0 Å².